The number of hydrogen-bond donors (Lipinski definition) is 1. The SMILES string of the molecule is Cc1ccc(C(=O)Nc2cccc(C(C)(C)C#N)c2)cc1-n1cc(-c2cnn(C)c2C)nn1. The number of amides is 1. The lowest BCUT2D eigenvalue weighted by Gasteiger charge is -2.17. The van der Waals surface area contributed by atoms with Crippen LogP contribution < -0.4 is 5.32 Å². The van der Waals surface area contributed by atoms with Gasteiger partial charge in [0.1, 0.15) is 5.69 Å². The number of aryl methyl sites for hydroxylation is 2. The van der Waals surface area contributed by atoms with E-state index in [0.717, 1.165) is 28.1 Å². The Kier molecular flexibility index (Phi) is 5.56. The van der Waals surface area contributed by atoms with Gasteiger partial charge in [-0.2, -0.15) is 10.4 Å². The summed E-state index contributed by atoms with van der Waals surface area (Å²) in [6.07, 6.45) is 3.60. The highest BCUT2D eigenvalue weighted by molar-refractivity contribution is 6.04. The van der Waals surface area contributed by atoms with Crippen LogP contribution in [-0.2, 0) is 12.5 Å². The zero-order valence-electron chi connectivity index (χ0n) is 19.3. The van der Waals surface area contributed by atoms with Crippen LogP contribution in [0.25, 0.3) is 16.9 Å². The maximum Gasteiger partial charge on any atom is 0.255 e. The summed E-state index contributed by atoms with van der Waals surface area (Å²) in [4.78, 5) is 13.0. The van der Waals surface area contributed by atoms with Crippen LogP contribution in [0.5, 0.6) is 0 Å². The zero-order valence-corrected chi connectivity index (χ0v) is 19.3. The third kappa shape index (κ3) is 4.26. The van der Waals surface area contributed by atoms with E-state index in [1.54, 1.807) is 27.7 Å². The molecule has 0 radical (unpaired) electrons. The monoisotopic (exact) mass is 439 g/mol. The number of nitrogens with one attached hydrogen (secondary N) is 1. The summed E-state index contributed by atoms with van der Waals surface area (Å²) in [7, 11) is 1.88. The third-order valence-electron chi connectivity index (χ3n) is 5.84. The van der Waals surface area contributed by atoms with Gasteiger partial charge in [0.15, 0.2) is 0 Å². The molecule has 8 heteroatoms. The summed E-state index contributed by atoms with van der Waals surface area (Å²) in [6.45, 7) is 7.63. The normalized spacial score (nSPS) is 11.3. The fraction of sp³-hybridized carbons (Fsp3) is 0.240. The molecule has 0 saturated carbocycles. The smallest absolute Gasteiger partial charge is 0.255 e. The highest BCUT2D eigenvalue weighted by Gasteiger charge is 2.20. The lowest BCUT2D eigenvalue weighted by atomic mass is 9.86. The Hall–Kier alpha value is -4.25. The number of rotatable bonds is 5. The second-order valence-corrected chi connectivity index (χ2v) is 8.59. The standard InChI is InChI=1S/C25H25N7O/c1-16-9-10-18(24(33)28-20-8-6-7-19(12-20)25(3,4)15-26)11-23(16)32-14-22(29-30-32)21-13-27-31(5)17(21)2/h6-14H,1-5H3,(H,28,33). The fourth-order valence-corrected chi connectivity index (χ4v) is 3.51. The average Bonchev–Trinajstić information content (AvgIpc) is 3.41. The van der Waals surface area contributed by atoms with Crippen molar-refractivity contribution in [2.75, 3.05) is 5.32 Å². The van der Waals surface area contributed by atoms with E-state index < -0.39 is 5.41 Å². The molecular weight excluding hydrogens is 414 g/mol. The lowest BCUT2D eigenvalue weighted by Crippen LogP contribution is -2.16. The predicted molar refractivity (Wildman–Crippen MR) is 126 cm³/mol. The third-order valence-corrected chi connectivity index (χ3v) is 5.84. The Labute approximate surface area is 192 Å². The summed E-state index contributed by atoms with van der Waals surface area (Å²) >= 11 is 0. The Bertz CT molecular complexity index is 1390. The molecule has 0 aliphatic rings. The number of anilines is 1. The molecule has 0 fully saturated rings. The molecule has 0 atom stereocenters. The van der Waals surface area contributed by atoms with Crippen LogP contribution >= 0.6 is 0 Å². The Morgan fingerprint density at radius 3 is 2.64 bits per heavy atom. The fourth-order valence-electron chi connectivity index (χ4n) is 3.51. The van der Waals surface area contributed by atoms with E-state index in [2.05, 4.69) is 26.8 Å². The molecule has 0 unspecified atom stereocenters. The van der Waals surface area contributed by atoms with Crippen molar-refractivity contribution >= 4 is 11.6 Å². The molecule has 33 heavy (non-hydrogen) atoms. The van der Waals surface area contributed by atoms with Crippen LogP contribution in [0, 0.1) is 25.2 Å². The average molecular weight is 440 g/mol. The van der Waals surface area contributed by atoms with Crippen LogP contribution in [0.3, 0.4) is 0 Å². The van der Waals surface area contributed by atoms with Crippen LogP contribution in [0.4, 0.5) is 5.69 Å². The minimum atomic E-state index is -0.644. The van der Waals surface area contributed by atoms with Gasteiger partial charge in [-0.3, -0.25) is 9.48 Å². The first-order valence-electron chi connectivity index (χ1n) is 10.5. The van der Waals surface area contributed by atoms with Gasteiger partial charge < -0.3 is 5.32 Å². The van der Waals surface area contributed by atoms with E-state index in [1.165, 1.54) is 0 Å². The van der Waals surface area contributed by atoms with Crippen molar-refractivity contribution in [2.45, 2.75) is 33.1 Å². The molecule has 0 saturated heterocycles. The quantitative estimate of drug-likeness (QED) is 0.498. The van der Waals surface area contributed by atoms with E-state index in [-0.39, 0.29) is 5.91 Å². The van der Waals surface area contributed by atoms with Crippen molar-refractivity contribution in [2.24, 2.45) is 7.05 Å². The van der Waals surface area contributed by atoms with Gasteiger partial charge in [0, 0.05) is 29.6 Å². The second kappa shape index (κ2) is 8.36. The molecule has 1 N–H and O–H groups in total. The summed E-state index contributed by atoms with van der Waals surface area (Å²) in [5.41, 5.74) is 5.68. The van der Waals surface area contributed by atoms with Crippen molar-refractivity contribution in [3.63, 3.8) is 0 Å². The van der Waals surface area contributed by atoms with E-state index >= 15 is 0 Å². The summed E-state index contributed by atoms with van der Waals surface area (Å²) in [5.74, 6) is -0.244. The molecule has 8 nitrogen and oxygen atoms in total. The maximum absolute atomic E-state index is 13.0. The molecule has 2 aromatic carbocycles. The van der Waals surface area contributed by atoms with Gasteiger partial charge in [-0.1, -0.05) is 23.4 Å². The topological polar surface area (TPSA) is 101 Å². The van der Waals surface area contributed by atoms with Crippen molar-refractivity contribution in [3.8, 4) is 23.0 Å². The van der Waals surface area contributed by atoms with Crippen LogP contribution in [0.2, 0.25) is 0 Å². The minimum Gasteiger partial charge on any atom is -0.322 e. The molecule has 166 valence electrons. The molecule has 0 aliphatic heterocycles. The summed E-state index contributed by atoms with van der Waals surface area (Å²) < 4.78 is 3.46. The van der Waals surface area contributed by atoms with Gasteiger partial charge in [0.2, 0.25) is 0 Å². The molecule has 4 aromatic rings. The lowest BCUT2D eigenvalue weighted by molar-refractivity contribution is 0.102. The molecular formula is C25H25N7O. The summed E-state index contributed by atoms with van der Waals surface area (Å²) in [5, 5.41) is 25.2. The maximum atomic E-state index is 13.0. The van der Waals surface area contributed by atoms with Crippen molar-refractivity contribution in [3.05, 3.63) is 77.2 Å². The number of nitrogens with zero attached hydrogens (tertiary/aromatic N) is 6. The molecule has 2 heterocycles. The van der Waals surface area contributed by atoms with E-state index in [9.17, 15) is 10.1 Å². The van der Waals surface area contributed by atoms with Gasteiger partial charge in [-0.05, 0) is 63.1 Å². The number of aromatic nitrogens is 5. The van der Waals surface area contributed by atoms with E-state index in [4.69, 9.17) is 0 Å². The Morgan fingerprint density at radius 1 is 1.15 bits per heavy atom. The number of nitriles is 1. The molecule has 1 amide bonds. The first-order valence-corrected chi connectivity index (χ1v) is 10.5. The summed E-state index contributed by atoms with van der Waals surface area (Å²) in [6, 6.07) is 15.1. The Balaban J connectivity index is 1.61. The zero-order chi connectivity index (χ0) is 23.8. The first kappa shape index (κ1) is 22.0. The van der Waals surface area contributed by atoms with Crippen LogP contribution in [0.1, 0.15) is 41.0 Å². The number of benzene rings is 2. The van der Waals surface area contributed by atoms with Crippen molar-refractivity contribution < 1.29 is 4.79 Å². The first-order chi connectivity index (χ1) is 15.7. The molecule has 0 spiro atoms. The van der Waals surface area contributed by atoms with Crippen LogP contribution in [-0.4, -0.2) is 30.7 Å². The van der Waals surface area contributed by atoms with Gasteiger partial charge in [-0.15, -0.1) is 5.10 Å². The van der Waals surface area contributed by atoms with Gasteiger partial charge in [-0.25, -0.2) is 4.68 Å². The predicted octanol–water partition coefficient (Wildman–Crippen LogP) is 4.34. The van der Waals surface area contributed by atoms with Gasteiger partial charge in [0.25, 0.3) is 5.91 Å². The van der Waals surface area contributed by atoms with Gasteiger partial charge >= 0.3 is 0 Å². The second-order valence-electron chi connectivity index (χ2n) is 8.59. The molecule has 0 aliphatic carbocycles. The molecule has 0 bridgehead atoms. The largest absolute Gasteiger partial charge is 0.322 e. The molecule has 4 rings (SSSR count). The van der Waals surface area contributed by atoms with Crippen molar-refractivity contribution in [1.82, 2.24) is 24.8 Å². The minimum absolute atomic E-state index is 0.244. The number of hydrogen-bond acceptors (Lipinski definition) is 5. The highest BCUT2D eigenvalue weighted by Crippen LogP contribution is 2.26. The Morgan fingerprint density at radius 2 is 1.94 bits per heavy atom. The molecule has 2 aromatic heterocycles. The van der Waals surface area contributed by atoms with Gasteiger partial charge in [0.05, 0.1) is 29.6 Å². The van der Waals surface area contributed by atoms with E-state index in [0.29, 0.717) is 16.9 Å². The number of carbonyl (C=O) groups is 1. The van der Waals surface area contributed by atoms with Crippen molar-refractivity contribution in [1.29, 1.82) is 5.26 Å². The number of carbonyl (C=O) groups excluding carboxylic acids is 1. The van der Waals surface area contributed by atoms with E-state index in [1.807, 2.05) is 71.3 Å². The van der Waals surface area contributed by atoms with Crippen LogP contribution in [0.15, 0.2) is 54.9 Å². The highest BCUT2D eigenvalue weighted by atomic mass is 16.1.